The molecule has 17 heavy (non-hydrogen) atoms. The highest BCUT2D eigenvalue weighted by molar-refractivity contribution is 8.00. The summed E-state index contributed by atoms with van der Waals surface area (Å²) in [7, 11) is 0. The number of nitro benzene ring substituents is 1. The summed E-state index contributed by atoms with van der Waals surface area (Å²) in [4.78, 5) is 11.3. The van der Waals surface area contributed by atoms with Crippen molar-refractivity contribution in [3.63, 3.8) is 0 Å². The summed E-state index contributed by atoms with van der Waals surface area (Å²) in [5.74, 6) is 0. The molecular formula is C11H15ClN2O2S. The van der Waals surface area contributed by atoms with E-state index in [9.17, 15) is 10.1 Å². The van der Waals surface area contributed by atoms with E-state index in [0.717, 1.165) is 4.90 Å². The molecule has 0 radical (unpaired) electrons. The van der Waals surface area contributed by atoms with Crippen LogP contribution in [0.4, 0.5) is 5.69 Å². The number of nitrogens with two attached hydrogens (primary N) is 1. The number of nitrogens with zero attached hydrogens (tertiary/aromatic N) is 1. The fourth-order valence-corrected chi connectivity index (χ4v) is 3.04. The van der Waals surface area contributed by atoms with E-state index in [4.69, 9.17) is 0 Å². The molecule has 0 amide bonds. The second-order valence-electron chi connectivity index (χ2n) is 3.93. The van der Waals surface area contributed by atoms with E-state index in [-0.39, 0.29) is 23.0 Å². The van der Waals surface area contributed by atoms with Crippen molar-refractivity contribution in [1.82, 2.24) is 0 Å². The summed E-state index contributed by atoms with van der Waals surface area (Å²) in [6.45, 7) is 2.40. The molecule has 1 aliphatic heterocycles. The molecule has 1 aliphatic rings. The first kappa shape index (κ1) is 14.3. The number of hydrogen-bond donors (Lipinski definition) is 1. The molecule has 1 aromatic carbocycles. The monoisotopic (exact) mass is 274 g/mol. The topological polar surface area (TPSA) is 59.8 Å². The molecule has 0 saturated carbocycles. The summed E-state index contributed by atoms with van der Waals surface area (Å²) in [5.41, 5.74) is 0.168. The van der Waals surface area contributed by atoms with Gasteiger partial charge in [-0.3, -0.25) is 10.1 Å². The third-order valence-corrected chi connectivity index (χ3v) is 4.08. The lowest BCUT2D eigenvalue weighted by Gasteiger charge is -2.19. The van der Waals surface area contributed by atoms with Gasteiger partial charge in [0.15, 0.2) is 0 Å². The van der Waals surface area contributed by atoms with Crippen LogP contribution in [0, 0.1) is 10.1 Å². The van der Waals surface area contributed by atoms with Crippen molar-refractivity contribution in [3.05, 3.63) is 34.4 Å². The normalized spacial score (nSPS) is 16.2. The van der Waals surface area contributed by atoms with Crippen LogP contribution < -0.4 is 17.7 Å². The Morgan fingerprint density at radius 3 is 2.35 bits per heavy atom. The number of rotatable bonds is 3. The van der Waals surface area contributed by atoms with E-state index in [1.165, 1.54) is 25.9 Å². The molecule has 0 aliphatic carbocycles. The highest BCUT2D eigenvalue weighted by Gasteiger charge is 2.16. The molecule has 0 aromatic heterocycles. The van der Waals surface area contributed by atoms with Gasteiger partial charge in [-0.05, 0) is 12.1 Å². The van der Waals surface area contributed by atoms with Gasteiger partial charge in [-0.25, -0.2) is 0 Å². The Kier molecular flexibility index (Phi) is 5.74. The van der Waals surface area contributed by atoms with E-state index in [1.54, 1.807) is 12.1 Å². The first-order valence-electron chi connectivity index (χ1n) is 5.48. The molecule has 6 heteroatoms. The van der Waals surface area contributed by atoms with Gasteiger partial charge in [0, 0.05) is 35.1 Å². The number of hydrogen-bond acceptors (Lipinski definition) is 3. The minimum absolute atomic E-state index is 0. The van der Waals surface area contributed by atoms with Gasteiger partial charge in [0.25, 0.3) is 5.69 Å². The molecule has 2 N–H and O–H groups in total. The van der Waals surface area contributed by atoms with Crippen LogP contribution in [0.5, 0.6) is 0 Å². The quantitative estimate of drug-likeness (QED) is 0.534. The van der Waals surface area contributed by atoms with Crippen molar-refractivity contribution in [3.8, 4) is 0 Å². The predicted octanol–water partition coefficient (Wildman–Crippen LogP) is -1.58. The third kappa shape index (κ3) is 4.18. The summed E-state index contributed by atoms with van der Waals surface area (Å²) < 4.78 is 0. The van der Waals surface area contributed by atoms with Gasteiger partial charge in [-0.1, -0.05) is 0 Å². The van der Waals surface area contributed by atoms with Gasteiger partial charge in [0.1, 0.15) is 0 Å². The minimum Gasteiger partial charge on any atom is -1.00 e. The zero-order valence-electron chi connectivity index (χ0n) is 9.34. The summed E-state index contributed by atoms with van der Waals surface area (Å²) in [5, 5.41) is 13.5. The van der Waals surface area contributed by atoms with Crippen LogP contribution in [0.3, 0.4) is 0 Å². The Morgan fingerprint density at radius 1 is 1.24 bits per heavy atom. The summed E-state index contributed by atoms with van der Waals surface area (Å²) >= 11 is 1.84. The number of benzene rings is 1. The van der Waals surface area contributed by atoms with Gasteiger partial charge in [0.05, 0.1) is 18.0 Å². The van der Waals surface area contributed by atoms with Crippen molar-refractivity contribution in [1.29, 1.82) is 0 Å². The Labute approximate surface area is 111 Å². The number of piperidine rings is 1. The second-order valence-corrected chi connectivity index (χ2v) is 5.31. The molecular weight excluding hydrogens is 260 g/mol. The van der Waals surface area contributed by atoms with Crippen LogP contribution in [0.1, 0.15) is 12.8 Å². The molecule has 1 aromatic rings. The Morgan fingerprint density at radius 2 is 1.82 bits per heavy atom. The Balaban J connectivity index is 0.00000144. The maximum absolute atomic E-state index is 10.5. The van der Waals surface area contributed by atoms with Crippen molar-refractivity contribution in [2.75, 3.05) is 13.1 Å². The van der Waals surface area contributed by atoms with Gasteiger partial charge in [-0.15, -0.1) is 11.8 Å². The lowest BCUT2D eigenvalue weighted by Crippen LogP contribution is -3.00. The molecule has 1 heterocycles. The average molecular weight is 275 g/mol. The van der Waals surface area contributed by atoms with Crippen LogP contribution in [0.15, 0.2) is 29.2 Å². The van der Waals surface area contributed by atoms with Gasteiger partial charge in [0.2, 0.25) is 0 Å². The predicted molar refractivity (Wildman–Crippen MR) is 63.6 cm³/mol. The average Bonchev–Trinajstić information content (AvgIpc) is 2.31. The van der Waals surface area contributed by atoms with Crippen molar-refractivity contribution >= 4 is 17.4 Å². The number of non-ortho nitro benzene ring substituents is 1. The molecule has 0 spiro atoms. The first-order chi connectivity index (χ1) is 7.75. The SMILES string of the molecule is O=[N+]([O-])c1ccc(SC2CC[NH2+]CC2)cc1.[Cl-]. The first-order valence-corrected chi connectivity index (χ1v) is 6.36. The van der Waals surface area contributed by atoms with Crippen molar-refractivity contribution in [2.24, 2.45) is 0 Å². The number of quaternary nitrogens is 1. The molecule has 4 nitrogen and oxygen atoms in total. The van der Waals surface area contributed by atoms with E-state index in [1.807, 2.05) is 23.9 Å². The van der Waals surface area contributed by atoms with E-state index in [0.29, 0.717) is 5.25 Å². The zero-order valence-corrected chi connectivity index (χ0v) is 10.9. The largest absolute Gasteiger partial charge is 1.00 e. The minimum atomic E-state index is -0.357. The maximum Gasteiger partial charge on any atom is 0.269 e. The summed E-state index contributed by atoms with van der Waals surface area (Å²) in [6.07, 6.45) is 2.45. The zero-order chi connectivity index (χ0) is 11.4. The fraction of sp³-hybridized carbons (Fsp3) is 0.455. The smallest absolute Gasteiger partial charge is 0.269 e. The lowest BCUT2D eigenvalue weighted by atomic mass is 10.2. The molecule has 0 unspecified atom stereocenters. The Hall–Kier alpha value is -0.780. The van der Waals surface area contributed by atoms with E-state index < -0.39 is 0 Å². The van der Waals surface area contributed by atoms with Gasteiger partial charge in [-0.2, -0.15) is 0 Å². The number of nitro groups is 1. The summed E-state index contributed by atoms with van der Waals surface area (Å²) in [6, 6.07) is 6.86. The molecule has 1 saturated heterocycles. The standard InChI is InChI=1S/C11H14N2O2S.ClH/c14-13(15)9-1-3-10(4-2-9)16-11-5-7-12-8-6-11;/h1-4,11-12H,5-8H2;1H. The second kappa shape index (κ2) is 6.83. The molecule has 1 fully saturated rings. The molecule has 0 atom stereocenters. The van der Waals surface area contributed by atoms with Gasteiger partial charge < -0.3 is 17.7 Å². The Bertz CT molecular complexity index is 366. The molecule has 0 bridgehead atoms. The van der Waals surface area contributed by atoms with E-state index >= 15 is 0 Å². The van der Waals surface area contributed by atoms with Crippen LogP contribution in [-0.2, 0) is 0 Å². The molecule has 2 rings (SSSR count). The maximum atomic E-state index is 10.5. The third-order valence-electron chi connectivity index (χ3n) is 2.74. The highest BCUT2D eigenvalue weighted by atomic mass is 35.5. The van der Waals surface area contributed by atoms with E-state index in [2.05, 4.69) is 5.32 Å². The van der Waals surface area contributed by atoms with Crippen LogP contribution in [-0.4, -0.2) is 23.3 Å². The van der Waals surface area contributed by atoms with Crippen molar-refractivity contribution < 1.29 is 22.6 Å². The number of halogens is 1. The molecule has 94 valence electrons. The van der Waals surface area contributed by atoms with Crippen LogP contribution >= 0.6 is 11.8 Å². The lowest BCUT2D eigenvalue weighted by molar-refractivity contribution is -0.661. The van der Waals surface area contributed by atoms with Crippen molar-refractivity contribution in [2.45, 2.75) is 23.0 Å². The number of thioether (sulfide) groups is 1. The highest BCUT2D eigenvalue weighted by Crippen LogP contribution is 2.28. The van der Waals surface area contributed by atoms with Crippen LogP contribution in [0.2, 0.25) is 0 Å². The van der Waals surface area contributed by atoms with Crippen LogP contribution in [0.25, 0.3) is 0 Å². The fourth-order valence-electron chi connectivity index (χ4n) is 1.85. The van der Waals surface area contributed by atoms with Gasteiger partial charge >= 0.3 is 0 Å².